The summed E-state index contributed by atoms with van der Waals surface area (Å²) in [5.74, 6) is -0.194. The van der Waals surface area contributed by atoms with Crippen molar-refractivity contribution in [3.05, 3.63) is 96.8 Å². The average Bonchev–Trinajstić information content (AvgIpc) is 3.37. The smallest absolute Gasteiger partial charge is 0.260 e. The van der Waals surface area contributed by atoms with Crippen molar-refractivity contribution in [1.82, 2.24) is 4.98 Å². The number of hydrogen-bond donors (Lipinski definition) is 1. The molecule has 0 aliphatic rings. The van der Waals surface area contributed by atoms with E-state index in [1.54, 1.807) is 12.4 Å². The van der Waals surface area contributed by atoms with Gasteiger partial charge in [-0.1, -0.05) is 48.5 Å². The molecule has 2 aromatic carbocycles. The highest BCUT2D eigenvalue weighted by molar-refractivity contribution is 6.16. The molecule has 0 fully saturated rings. The number of fused-ring (bicyclic) bond motifs is 2. The third kappa shape index (κ3) is 2.81. The number of amides is 1. The molecule has 0 atom stereocenters. The molecule has 1 N–H and O–H groups in total. The predicted octanol–water partition coefficient (Wildman–Crippen LogP) is 5.85. The van der Waals surface area contributed by atoms with Crippen molar-refractivity contribution < 1.29 is 9.21 Å². The Labute approximate surface area is 161 Å². The third-order valence-corrected chi connectivity index (χ3v) is 4.78. The minimum Gasteiger partial charge on any atom is -0.456 e. The van der Waals surface area contributed by atoms with Gasteiger partial charge in [0.1, 0.15) is 11.2 Å². The highest BCUT2D eigenvalue weighted by Crippen LogP contribution is 2.37. The van der Waals surface area contributed by atoms with Gasteiger partial charge in [0, 0.05) is 29.2 Å². The van der Waals surface area contributed by atoms with Gasteiger partial charge in [-0.25, -0.2) is 0 Å². The summed E-state index contributed by atoms with van der Waals surface area (Å²) in [5.41, 5.74) is 6.42. The van der Waals surface area contributed by atoms with Crippen LogP contribution in [0.25, 0.3) is 33.4 Å². The number of anilines is 1. The van der Waals surface area contributed by atoms with E-state index in [1.807, 2.05) is 66.7 Å². The Morgan fingerprint density at radius 2 is 1.46 bits per heavy atom. The normalized spacial score (nSPS) is 11.0. The minimum absolute atomic E-state index is 0.194. The van der Waals surface area contributed by atoms with Crippen LogP contribution in [-0.4, -0.2) is 10.9 Å². The summed E-state index contributed by atoms with van der Waals surface area (Å²) < 4.78 is 5.75. The first-order valence-corrected chi connectivity index (χ1v) is 9.02. The summed E-state index contributed by atoms with van der Waals surface area (Å²) in [7, 11) is 0. The molecule has 0 saturated heterocycles. The number of pyridine rings is 1. The number of nitrogens with one attached hydrogen (secondary N) is 1. The Hall–Kier alpha value is -3.92. The lowest BCUT2D eigenvalue weighted by molar-refractivity contribution is 0.102. The molecular formula is C24H16N2O2. The molecule has 4 nitrogen and oxygen atoms in total. The Bertz CT molecular complexity index is 1230. The van der Waals surface area contributed by atoms with Crippen LogP contribution in [0.15, 0.2) is 95.7 Å². The van der Waals surface area contributed by atoms with Crippen molar-refractivity contribution in [2.45, 2.75) is 0 Å². The fourth-order valence-electron chi connectivity index (χ4n) is 3.45. The van der Waals surface area contributed by atoms with Crippen LogP contribution in [0, 0.1) is 0 Å². The number of carbonyl (C=O) groups excluding carboxylic acids is 1. The monoisotopic (exact) mass is 364 g/mol. The van der Waals surface area contributed by atoms with Crippen LogP contribution in [0.1, 0.15) is 10.4 Å². The molecule has 5 rings (SSSR count). The third-order valence-electron chi connectivity index (χ3n) is 4.78. The molecule has 0 aliphatic heterocycles. The molecule has 28 heavy (non-hydrogen) atoms. The molecule has 0 spiro atoms. The van der Waals surface area contributed by atoms with E-state index in [4.69, 9.17) is 4.42 Å². The Morgan fingerprint density at radius 3 is 2.21 bits per heavy atom. The summed E-state index contributed by atoms with van der Waals surface area (Å²) in [6.45, 7) is 0. The molecule has 5 aromatic rings. The standard InChI is InChI=1S/C24H16N2O2/c27-24(26-19-10-8-17(9-11-19)16-5-2-1-3-6-16)23-21-13-12-20(28-21)22(23)18-7-4-14-25-15-18/h1-15H,(H,26,27). The average molecular weight is 364 g/mol. The molecule has 2 bridgehead atoms. The lowest BCUT2D eigenvalue weighted by atomic mass is 10.0. The van der Waals surface area contributed by atoms with Gasteiger partial charge in [-0.2, -0.15) is 0 Å². The summed E-state index contributed by atoms with van der Waals surface area (Å²) in [6.07, 6.45) is 3.45. The SMILES string of the molecule is O=C(Nc1ccc(-c2ccccc2)cc1)c1c(-c2cccnc2)c2ccc1o2. The van der Waals surface area contributed by atoms with Gasteiger partial charge in [-0.05, 0) is 41.5 Å². The number of hydrogen-bond acceptors (Lipinski definition) is 3. The Balaban J connectivity index is 1.44. The Kier molecular flexibility index (Phi) is 3.87. The fourth-order valence-corrected chi connectivity index (χ4v) is 3.45. The van der Waals surface area contributed by atoms with E-state index in [0.29, 0.717) is 16.7 Å². The van der Waals surface area contributed by atoms with Gasteiger partial charge in [0.05, 0.1) is 5.56 Å². The second-order valence-electron chi connectivity index (χ2n) is 6.55. The number of carbonyl (C=O) groups is 1. The first-order valence-electron chi connectivity index (χ1n) is 9.02. The van der Waals surface area contributed by atoms with E-state index in [-0.39, 0.29) is 5.91 Å². The minimum atomic E-state index is -0.194. The number of furan rings is 2. The van der Waals surface area contributed by atoms with Crippen molar-refractivity contribution in [2.24, 2.45) is 0 Å². The summed E-state index contributed by atoms with van der Waals surface area (Å²) in [5, 5.41) is 2.98. The van der Waals surface area contributed by atoms with Crippen LogP contribution < -0.4 is 5.32 Å². The highest BCUT2D eigenvalue weighted by Gasteiger charge is 2.24. The summed E-state index contributed by atoms with van der Waals surface area (Å²) >= 11 is 0. The van der Waals surface area contributed by atoms with E-state index in [2.05, 4.69) is 22.4 Å². The Morgan fingerprint density at radius 1 is 0.750 bits per heavy atom. The maximum atomic E-state index is 13.0. The topological polar surface area (TPSA) is 55.1 Å². The zero-order valence-corrected chi connectivity index (χ0v) is 14.9. The van der Waals surface area contributed by atoms with Crippen molar-refractivity contribution in [3.8, 4) is 22.3 Å². The van der Waals surface area contributed by atoms with E-state index < -0.39 is 0 Å². The van der Waals surface area contributed by atoms with Crippen LogP contribution in [0.3, 0.4) is 0 Å². The first-order chi connectivity index (χ1) is 13.8. The lowest BCUT2D eigenvalue weighted by Crippen LogP contribution is -2.12. The zero-order chi connectivity index (χ0) is 18.9. The van der Waals surface area contributed by atoms with Gasteiger partial charge in [0.15, 0.2) is 0 Å². The zero-order valence-electron chi connectivity index (χ0n) is 14.9. The summed E-state index contributed by atoms with van der Waals surface area (Å²) in [4.78, 5) is 17.2. The second-order valence-corrected chi connectivity index (χ2v) is 6.55. The van der Waals surface area contributed by atoms with Gasteiger partial charge in [-0.3, -0.25) is 9.78 Å². The van der Waals surface area contributed by atoms with Gasteiger partial charge in [0.25, 0.3) is 5.91 Å². The molecular weight excluding hydrogens is 348 g/mol. The quantitative estimate of drug-likeness (QED) is 0.435. The highest BCUT2D eigenvalue weighted by atomic mass is 16.3. The van der Waals surface area contributed by atoms with Crippen molar-refractivity contribution >= 4 is 22.8 Å². The van der Waals surface area contributed by atoms with Crippen molar-refractivity contribution in [1.29, 1.82) is 0 Å². The summed E-state index contributed by atoms with van der Waals surface area (Å²) in [6, 6.07) is 25.4. The first kappa shape index (κ1) is 16.3. The number of rotatable bonds is 4. The van der Waals surface area contributed by atoms with Gasteiger partial charge in [0.2, 0.25) is 0 Å². The maximum absolute atomic E-state index is 13.0. The molecule has 3 aromatic heterocycles. The molecule has 3 heterocycles. The maximum Gasteiger partial charge on any atom is 0.260 e. The van der Waals surface area contributed by atoms with E-state index in [1.165, 1.54) is 0 Å². The molecule has 0 unspecified atom stereocenters. The van der Waals surface area contributed by atoms with E-state index in [9.17, 15) is 4.79 Å². The predicted molar refractivity (Wildman–Crippen MR) is 110 cm³/mol. The molecule has 0 aliphatic carbocycles. The van der Waals surface area contributed by atoms with Gasteiger partial charge < -0.3 is 9.73 Å². The largest absolute Gasteiger partial charge is 0.456 e. The number of aromatic nitrogens is 1. The number of benzene rings is 3. The fraction of sp³-hybridized carbons (Fsp3) is 0. The molecule has 0 radical (unpaired) electrons. The van der Waals surface area contributed by atoms with Crippen LogP contribution >= 0.6 is 0 Å². The van der Waals surface area contributed by atoms with Gasteiger partial charge >= 0.3 is 0 Å². The molecule has 134 valence electrons. The second kappa shape index (κ2) is 6.67. The molecule has 0 saturated carbocycles. The van der Waals surface area contributed by atoms with E-state index in [0.717, 1.165) is 27.9 Å². The van der Waals surface area contributed by atoms with Crippen LogP contribution in [-0.2, 0) is 0 Å². The van der Waals surface area contributed by atoms with Crippen LogP contribution in [0.5, 0.6) is 0 Å². The van der Waals surface area contributed by atoms with Crippen LogP contribution in [0.4, 0.5) is 5.69 Å². The lowest BCUT2D eigenvalue weighted by Gasteiger charge is -2.08. The van der Waals surface area contributed by atoms with Gasteiger partial charge in [-0.15, -0.1) is 0 Å². The van der Waals surface area contributed by atoms with Crippen LogP contribution in [0.2, 0.25) is 0 Å². The van der Waals surface area contributed by atoms with Crippen molar-refractivity contribution in [3.63, 3.8) is 0 Å². The van der Waals surface area contributed by atoms with Crippen molar-refractivity contribution in [2.75, 3.05) is 5.32 Å². The molecule has 1 amide bonds. The molecule has 4 heteroatoms. The number of nitrogens with zero attached hydrogens (tertiary/aromatic N) is 1. The van der Waals surface area contributed by atoms with E-state index >= 15 is 0 Å².